The van der Waals surface area contributed by atoms with Gasteiger partial charge in [-0.1, -0.05) is 18.2 Å². The summed E-state index contributed by atoms with van der Waals surface area (Å²) in [6.45, 7) is 3.22. The van der Waals surface area contributed by atoms with Crippen LogP contribution < -0.4 is 5.32 Å². The van der Waals surface area contributed by atoms with Crippen LogP contribution in [0.2, 0.25) is 0 Å². The normalized spacial score (nSPS) is 14.7. The Balaban J connectivity index is 1.39. The van der Waals surface area contributed by atoms with Crippen molar-refractivity contribution in [3.63, 3.8) is 0 Å². The summed E-state index contributed by atoms with van der Waals surface area (Å²) in [6.07, 6.45) is 9.60. The molecule has 27 heavy (non-hydrogen) atoms. The molecule has 0 radical (unpaired) electrons. The van der Waals surface area contributed by atoms with E-state index in [-0.39, 0.29) is 12.1 Å². The van der Waals surface area contributed by atoms with Gasteiger partial charge < -0.3 is 10.2 Å². The number of aromatic nitrogens is 4. The first-order valence-corrected chi connectivity index (χ1v) is 9.32. The number of hydrogen-bond donors (Lipinski definition) is 1. The second-order valence-electron chi connectivity index (χ2n) is 7.07. The van der Waals surface area contributed by atoms with Gasteiger partial charge in [-0.05, 0) is 38.0 Å². The maximum Gasteiger partial charge on any atom is 0.318 e. The van der Waals surface area contributed by atoms with Crippen molar-refractivity contribution in [1.82, 2.24) is 29.8 Å². The molecule has 1 unspecified atom stereocenters. The fourth-order valence-corrected chi connectivity index (χ4v) is 3.14. The number of benzene rings is 1. The number of hydrogen-bond acceptors (Lipinski definition) is 3. The van der Waals surface area contributed by atoms with Crippen molar-refractivity contribution in [2.24, 2.45) is 0 Å². The van der Waals surface area contributed by atoms with Gasteiger partial charge in [-0.25, -0.2) is 9.48 Å². The molecule has 7 heteroatoms. The first kappa shape index (κ1) is 17.3. The van der Waals surface area contributed by atoms with E-state index in [1.54, 1.807) is 6.20 Å². The Morgan fingerprint density at radius 2 is 2.07 bits per heavy atom. The lowest BCUT2D eigenvalue weighted by molar-refractivity contribution is 0.187. The highest BCUT2D eigenvalue weighted by atomic mass is 16.2. The quantitative estimate of drug-likeness (QED) is 0.701. The van der Waals surface area contributed by atoms with Crippen molar-refractivity contribution < 1.29 is 4.79 Å². The van der Waals surface area contributed by atoms with E-state index in [2.05, 4.69) is 15.5 Å². The lowest BCUT2D eigenvalue weighted by Crippen LogP contribution is -2.45. The van der Waals surface area contributed by atoms with Gasteiger partial charge in [-0.2, -0.15) is 10.2 Å². The van der Waals surface area contributed by atoms with Crippen LogP contribution >= 0.6 is 0 Å². The lowest BCUT2D eigenvalue weighted by atomic mass is 10.3. The molecule has 0 aliphatic heterocycles. The summed E-state index contributed by atoms with van der Waals surface area (Å²) in [6, 6.07) is 12.2. The third-order valence-electron chi connectivity index (χ3n) is 4.65. The highest BCUT2D eigenvalue weighted by Crippen LogP contribution is 2.28. The molecule has 2 aromatic heterocycles. The number of nitrogens with one attached hydrogen (secondary N) is 1. The molecule has 0 bridgehead atoms. The maximum atomic E-state index is 12.8. The monoisotopic (exact) mass is 364 g/mol. The summed E-state index contributed by atoms with van der Waals surface area (Å²) in [5, 5.41) is 11.7. The van der Waals surface area contributed by atoms with E-state index < -0.39 is 0 Å². The molecule has 0 saturated heterocycles. The Hall–Kier alpha value is -3.09. The van der Waals surface area contributed by atoms with Gasteiger partial charge in [0.25, 0.3) is 0 Å². The minimum atomic E-state index is -0.0235. The van der Waals surface area contributed by atoms with Crippen LogP contribution in [0, 0.1) is 0 Å². The molecule has 1 aliphatic carbocycles. The van der Waals surface area contributed by atoms with Crippen LogP contribution in [0.25, 0.3) is 5.69 Å². The van der Waals surface area contributed by atoms with Crippen LogP contribution in [0.4, 0.5) is 4.79 Å². The summed E-state index contributed by atoms with van der Waals surface area (Å²) in [7, 11) is 0. The molecule has 3 aromatic rings. The molecule has 7 nitrogen and oxygen atoms in total. The Bertz CT molecular complexity index is 869. The zero-order valence-corrected chi connectivity index (χ0v) is 15.4. The molecule has 1 aromatic carbocycles. The van der Waals surface area contributed by atoms with Crippen molar-refractivity contribution in [3.05, 3.63) is 66.7 Å². The van der Waals surface area contributed by atoms with Crippen LogP contribution in [0.3, 0.4) is 0 Å². The molecule has 4 rings (SSSR count). The van der Waals surface area contributed by atoms with Gasteiger partial charge in [0.05, 0.1) is 25.0 Å². The van der Waals surface area contributed by atoms with E-state index in [4.69, 9.17) is 0 Å². The average molecular weight is 364 g/mol. The number of rotatable bonds is 7. The van der Waals surface area contributed by atoms with E-state index >= 15 is 0 Å². The summed E-state index contributed by atoms with van der Waals surface area (Å²) < 4.78 is 3.68. The van der Waals surface area contributed by atoms with Gasteiger partial charge >= 0.3 is 6.03 Å². The topological polar surface area (TPSA) is 68.0 Å². The third kappa shape index (κ3) is 4.36. The minimum Gasteiger partial charge on any atom is -0.334 e. The minimum absolute atomic E-state index is 0.00527. The number of nitrogens with zero attached hydrogens (tertiary/aromatic N) is 5. The van der Waals surface area contributed by atoms with Crippen LogP contribution in [0.5, 0.6) is 0 Å². The van der Waals surface area contributed by atoms with E-state index in [1.165, 1.54) is 0 Å². The fraction of sp³-hybridized carbons (Fsp3) is 0.350. The predicted octanol–water partition coefficient (Wildman–Crippen LogP) is 2.83. The van der Waals surface area contributed by atoms with E-state index in [1.807, 2.05) is 76.2 Å². The van der Waals surface area contributed by atoms with E-state index in [0.29, 0.717) is 19.1 Å². The van der Waals surface area contributed by atoms with Crippen molar-refractivity contribution in [3.8, 4) is 5.69 Å². The van der Waals surface area contributed by atoms with Gasteiger partial charge in [0.15, 0.2) is 0 Å². The molecule has 1 N–H and O–H groups in total. The molecule has 2 amide bonds. The Morgan fingerprint density at radius 3 is 2.78 bits per heavy atom. The van der Waals surface area contributed by atoms with Crippen molar-refractivity contribution in [1.29, 1.82) is 0 Å². The number of amides is 2. The largest absolute Gasteiger partial charge is 0.334 e. The highest BCUT2D eigenvalue weighted by molar-refractivity contribution is 5.75. The van der Waals surface area contributed by atoms with Crippen LogP contribution in [-0.2, 0) is 13.1 Å². The average Bonchev–Trinajstić information content (AvgIpc) is 3.17. The fourth-order valence-electron chi connectivity index (χ4n) is 3.14. The molecular formula is C20H24N6O. The zero-order valence-electron chi connectivity index (χ0n) is 15.4. The van der Waals surface area contributed by atoms with Gasteiger partial charge in [0, 0.05) is 36.2 Å². The van der Waals surface area contributed by atoms with Crippen LogP contribution in [-0.4, -0.2) is 42.6 Å². The molecule has 1 saturated carbocycles. The Morgan fingerprint density at radius 1 is 1.26 bits per heavy atom. The number of carbonyl (C=O) groups excluding carboxylic acids is 1. The van der Waals surface area contributed by atoms with E-state index in [0.717, 1.165) is 24.1 Å². The van der Waals surface area contributed by atoms with Gasteiger partial charge in [-0.15, -0.1) is 0 Å². The van der Waals surface area contributed by atoms with Crippen LogP contribution in [0.1, 0.15) is 25.3 Å². The second kappa shape index (κ2) is 7.65. The molecule has 1 fully saturated rings. The molecule has 2 heterocycles. The first-order chi connectivity index (χ1) is 13.2. The van der Waals surface area contributed by atoms with Crippen LogP contribution in [0.15, 0.2) is 61.2 Å². The Labute approximate surface area is 158 Å². The smallest absolute Gasteiger partial charge is 0.318 e. The highest BCUT2D eigenvalue weighted by Gasteiger charge is 2.33. The lowest BCUT2D eigenvalue weighted by Gasteiger charge is -2.24. The van der Waals surface area contributed by atoms with Gasteiger partial charge in [0.2, 0.25) is 0 Å². The van der Waals surface area contributed by atoms with Crippen molar-refractivity contribution in [2.45, 2.75) is 44.9 Å². The maximum absolute atomic E-state index is 12.8. The number of urea groups is 1. The summed E-state index contributed by atoms with van der Waals surface area (Å²) in [5.41, 5.74) is 2.04. The molecule has 1 atom stereocenters. The van der Waals surface area contributed by atoms with E-state index in [9.17, 15) is 4.79 Å². The molecular weight excluding hydrogens is 340 g/mol. The summed E-state index contributed by atoms with van der Waals surface area (Å²) in [4.78, 5) is 14.7. The SMILES string of the molecule is CC(Cn1cccn1)NC(=O)N(Cc1cnn(-c2ccccc2)c1)C1CC1. The predicted molar refractivity (Wildman–Crippen MR) is 102 cm³/mol. The molecule has 0 spiro atoms. The Kier molecular flexibility index (Phi) is 4.91. The number of carbonyl (C=O) groups is 1. The zero-order chi connectivity index (χ0) is 18.6. The van der Waals surface area contributed by atoms with Crippen molar-refractivity contribution in [2.75, 3.05) is 0 Å². The van der Waals surface area contributed by atoms with Gasteiger partial charge in [0.1, 0.15) is 0 Å². The molecule has 140 valence electrons. The second-order valence-corrected chi connectivity index (χ2v) is 7.07. The first-order valence-electron chi connectivity index (χ1n) is 9.32. The molecule has 1 aliphatic rings. The number of para-hydroxylation sites is 1. The third-order valence-corrected chi connectivity index (χ3v) is 4.65. The van der Waals surface area contributed by atoms with Gasteiger partial charge in [-0.3, -0.25) is 4.68 Å². The van der Waals surface area contributed by atoms with Crippen molar-refractivity contribution >= 4 is 6.03 Å². The summed E-state index contributed by atoms with van der Waals surface area (Å²) >= 11 is 0. The summed E-state index contributed by atoms with van der Waals surface area (Å²) in [5.74, 6) is 0. The standard InChI is InChI=1S/C20H24N6O/c1-16(13-24-11-5-10-21-24)23-20(27)25(18-8-9-18)14-17-12-22-26(15-17)19-6-3-2-4-7-19/h2-7,10-12,15-16,18H,8-9,13-14H2,1H3,(H,23,27).